The summed E-state index contributed by atoms with van der Waals surface area (Å²) in [6.07, 6.45) is 0. The van der Waals surface area contributed by atoms with Gasteiger partial charge in [-0.15, -0.1) is 0 Å². The molecule has 62 valence electrons. The molecule has 1 rings (SSSR count). The van der Waals surface area contributed by atoms with E-state index < -0.39 is 0 Å². The third kappa shape index (κ3) is 3.72. The zero-order valence-electron chi connectivity index (χ0n) is 6.36. The second-order valence-electron chi connectivity index (χ2n) is 2.14. The molecule has 0 amide bonds. The summed E-state index contributed by atoms with van der Waals surface area (Å²) in [4.78, 5) is 0. The van der Waals surface area contributed by atoms with Crippen LogP contribution >= 0.6 is 0 Å². The summed E-state index contributed by atoms with van der Waals surface area (Å²) in [7, 11) is 0. The van der Waals surface area contributed by atoms with Crippen molar-refractivity contribution in [3.05, 3.63) is 35.4 Å². The Kier molecular flexibility index (Phi) is 5.37. The zero-order valence-corrected chi connectivity index (χ0v) is 6.36. The average molecular weight is 156 g/mol. The number of hydrogen-bond acceptors (Lipinski definition) is 3. The van der Waals surface area contributed by atoms with Gasteiger partial charge in [-0.2, -0.15) is 0 Å². The lowest BCUT2D eigenvalue weighted by molar-refractivity contribution is -0.176. The summed E-state index contributed by atoms with van der Waals surface area (Å²) in [5.74, 6) is 0. The highest BCUT2D eigenvalue weighted by Gasteiger charge is 1.85. The van der Waals surface area contributed by atoms with E-state index in [2.05, 4.69) is 0 Å². The molecule has 0 bridgehead atoms. The van der Waals surface area contributed by atoms with Crippen LogP contribution in [-0.2, 0) is 6.61 Å². The van der Waals surface area contributed by atoms with Crippen LogP contribution in [0.2, 0.25) is 0 Å². The summed E-state index contributed by atoms with van der Waals surface area (Å²) in [5.41, 5.74) is 2.20. The van der Waals surface area contributed by atoms with Gasteiger partial charge in [-0.3, -0.25) is 10.5 Å². The van der Waals surface area contributed by atoms with Gasteiger partial charge in [0.2, 0.25) is 0 Å². The fourth-order valence-corrected chi connectivity index (χ4v) is 0.693. The maximum atomic E-state index is 8.63. The first-order valence-electron chi connectivity index (χ1n) is 3.19. The molecule has 0 radical (unpaired) electrons. The monoisotopic (exact) mass is 156 g/mol. The minimum Gasteiger partial charge on any atom is -0.392 e. The van der Waals surface area contributed by atoms with Gasteiger partial charge in [-0.25, -0.2) is 0 Å². The highest BCUT2D eigenvalue weighted by Crippen LogP contribution is 2.01. The Morgan fingerprint density at radius 3 is 1.91 bits per heavy atom. The van der Waals surface area contributed by atoms with E-state index >= 15 is 0 Å². The molecule has 0 heterocycles. The first kappa shape index (κ1) is 10.1. The molecule has 0 saturated carbocycles. The molecule has 0 aliphatic carbocycles. The molecule has 1 aromatic carbocycles. The minimum absolute atomic E-state index is 0.139. The maximum Gasteiger partial charge on any atom is 0.0681 e. The van der Waals surface area contributed by atoms with Crippen LogP contribution in [-0.4, -0.2) is 15.6 Å². The largest absolute Gasteiger partial charge is 0.392 e. The molecule has 3 N–H and O–H groups in total. The number of hydrogen-bond donors (Lipinski definition) is 3. The van der Waals surface area contributed by atoms with Crippen LogP contribution in [0.3, 0.4) is 0 Å². The van der Waals surface area contributed by atoms with E-state index in [9.17, 15) is 0 Å². The van der Waals surface area contributed by atoms with Crippen molar-refractivity contribution in [2.75, 3.05) is 0 Å². The molecule has 0 unspecified atom stereocenters. The van der Waals surface area contributed by atoms with Crippen molar-refractivity contribution < 1.29 is 15.6 Å². The lowest BCUT2D eigenvalue weighted by atomic mass is 10.2. The molecule has 0 atom stereocenters. The lowest BCUT2D eigenvalue weighted by Gasteiger charge is -1.93. The molecule has 0 spiro atoms. The number of aliphatic hydroxyl groups excluding tert-OH is 1. The maximum absolute atomic E-state index is 8.63. The van der Waals surface area contributed by atoms with E-state index in [4.69, 9.17) is 15.6 Å². The predicted octanol–water partition coefficient (Wildman–Crippen LogP) is 1.50. The Bertz CT molecular complexity index is 181. The van der Waals surface area contributed by atoms with E-state index in [0.717, 1.165) is 5.56 Å². The Morgan fingerprint density at radius 1 is 1.09 bits per heavy atom. The van der Waals surface area contributed by atoms with E-state index in [1.807, 2.05) is 31.2 Å². The van der Waals surface area contributed by atoms with Crippen LogP contribution < -0.4 is 0 Å². The van der Waals surface area contributed by atoms with Crippen LogP contribution in [0.15, 0.2) is 24.3 Å². The van der Waals surface area contributed by atoms with Crippen molar-refractivity contribution in [2.24, 2.45) is 0 Å². The molecule has 0 aliphatic rings. The molecular weight excluding hydrogens is 144 g/mol. The number of aliphatic hydroxyl groups is 1. The Labute approximate surface area is 65.5 Å². The Balaban J connectivity index is 0.000000461. The first-order chi connectivity index (χ1) is 5.33. The number of aryl methyl sites for hydroxylation is 1. The number of benzene rings is 1. The van der Waals surface area contributed by atoms with Crippen LogP contribution in [0.4, 0.5) is 0 Å². The first-order valence-corrected chi connectivity index (χ1v) is 3.19. The van der Waals surface area contributed by atoms with Gasteiger partial charge in [-0.1, -0.05) is 29.8 Å². The van der Waals surface area contributed by atoms with Gasteiger partial charge in [0.25, 0.3) is 0 Å². The highest BCUT2D eigenvalue weighted by molar-refractivity contribution is 5.20. The highest BCUT2D eigenvalue weighted by atomic mass is 17.0. The minimum atomic E-state index is 0.139. The quantitative estimate of drug-likeness (QED) is 0.426. The molecule has 0 aliphatic heterocycles. The average Bonchev–Trinajstić information content (AvgIpc) is 2.10. The Morgan fingerprint density at radius 2 is 1.55 bits per heavy atom. The van der Waals surface area contributed by atoms with E-state index in [0.29, 0.717) is 0 Å². The summed E-state index contributed by atoms with van der Waals surface area (Å²) in [6, 6.07) is 7.84. The van der Waals surface area contributed by atoms with Crippen molar-refractivity contribution >= 4 is 0 Å². The molecular formula is C8H12O3. The van der Waals surface area contributed by atoms with E-state index in [1.54, 1.807) is 0 Å². The second-order valence-corrected chi connectivity index (χ2v) is 2.14. The van der Waals surface area contributed by atoms with Gasteiger partial charge < -0.3 is 5.11 Å². The van der Waals surface area contributed by atoms with Crippen LogP contribution in [0, 0.1) is 6.92 Å². The van der Waals surface area contributed by atoms with Crippen molar-refractivity contribution in [3.63, 3.8) is 0 Å². The standard InChI is InChI=1S/C8H10O.H2O2/c1-7-2-4-8(6-9)5-3-7;1-2/h2-5,9H,6H2,1H3;1-2H. The Hall–Kier alpha value is -0.900. The third-order valence-electron chi connectivity index (χ3n) is 1.30. The van der Waals surface area contributed by atoms with Crippen LogP contribution in [0.1, 0.15) is 11.1 Å². The molecule has 0 fully saturated rings. The van der Waals surface area contributed by atoms with E-state index in [-0.39, 0.29) is 6.61 Å². The van der Waals surface area contributed by atoms with Gasteiger partial charge in [0.15, 0.2) is 0 Å². The van der Waals surface area contributed by atoms with Gasteiger partial charge in [0.1, 0.15) is 0 Å². The summed E-state index contributed by atoms with van der Waals surface area (Å²) in [6.45, 7) is 2.17. The topological polar surface area (TPSA) is 60.7 Å². The molecule has 0 saturated heterocycles. The van der Waals surface area contributed by atoms with Gasteiger partial charge >= 0.3 is 0 Å². The fourth-order valence-electron chi connectivity index (χ4n) is 0.693. The van der Waals surface area contributed by atoms with Crippen LogP contribution in [0.25, 0.3) is 0 Å². The SMILES string of the molecule is Cc1ccc(CO)cc1.OO. The second kappa shape index (κ2) is 5.85. The van der Waals surface area contributed by atoms with Crippen molar-refractivity contribution in [1.29, 1.82) is 0 Å². The lowest BCUT2D eigenvalue weighted by Crippen LogP contribution is -1.80. The van der Waals surface area contributed by atoms with Gasteiger partial charge in [0.05, 0.1) is 6.61 Å². The molecule has 3 heteroatoms. The van der Waals surface area contributed by atoms with E-state index in [1.165, 1.54) is 5.56 Å². The molecule has 1 aromatic rings. The van der Waals surface area contributed by atoms with Crippen LogP contribution in [0.5, 0.6) is 0 Å². The van der Waals surface area contributed by atoms with Gasteiger partial charge in [0, 0.05) is 0 Å². The van der Waals surface area contributed by atoms with Crippen molar-refractivity contribution in [1.82, 2.24) is 0 Å². The summed E-state index contributed by atoms with van der Waals surface area (Å²) >= 11 is 0. The molecule has 3 nitrogen and oxygen atoms in total. The van der Waals surface area contributed by atoms with Crippen molar-refractivity contribution in [2.45, 2.75) is 13.5 Å². The third-order valence-corrected chi connectivity index (χ3v) is 1.30. The molecule has 0 aromatic heterocycles. The summed E-state index contributed by atoms with van der Waals surface area (Å²) in [5, 5.41) is 20.6. The summed E-state index contributed by atoms with van der Waals surface area (Å²) < 4.78 is 0. The smallest absolute Gasteiger partial charge is 0.0681 e. The zero-order chi connectivity index (χ0) is 8.69. The van der Waals surface area contributed by atoms with Gasteiger partial charge in [-0.05, 0) is 12.5 Å². The fraction of sp³-hybridized carbons (Fsp3) is 0.250. The normalized spacial score (nSPS) is 8.36. The predicted molar refractivity (Wildman–Crippen MR) is 42.4 cm³/mol. The molecule has 11 heavy (non-hydrogen) atoms. The van der Waals surface area contributed by atoms with Crippen molar-refractivity contribution in [3.8, 4) is 0 Å². The number of rotatable bonds is 1.